The van der Waals surface area contributed by atoms with E-state index in [4.69, 9.17) is 4.74 Å². The summed E-state index contributed by atoms with van der Waals surface area (Å²) in [6.07, 6.45) is 2.30. The Morgan fingerprint density at radius 1 is 1.15 bits per heavy atom. The lowest BCUT2D eigenvalue weighted by atomic mass is 9.85. The van der Waals surface area contributed by atoms with Crippen molar-refractivity contribution in [1.29, 1.82) is 0 Å². The van der Waals surface area contributed by atoms with E-state index in [1.54, 1.807) is 0 Å². The zero-order chi connectivity index (χ0) is 9.10. The van der Waals surface area contributed by atoms with Crippen molar-refractivity contribution in [3.05, 3.63) is 0 Å². The van der Waals surface area contributed by atoms with Gasteiger partial charge in [-0.2, -0.15) is 0 Å². The van der Waals surface area contributed by atoms with E-state index < -0.39 is 6.17 Å². The quantitative estimate of drug-likeness (QED) is 0.704. The molecule has 0 aliphatic carbocycles. The van der Waals surface area contributed by atoms with Gasteiger partial charge in [-0.3, -0.25) is 0 Å². The van der Waals surface area contributed by atoms with Crippen LogP contribution in [0.2, 0.25) is 0 Å². The third-order valence-electron chi connectivity index (χ3n) is 3.25. The van der Waals surface area contributed by atoms with Gasteiger partial charge in [0.15, 0.2) is 0 Å². The minimum absolute atomic E-state index is 0.183. The van der Waals surface area contributed by atoms with Crippen molar-refractivity contribution in [3.63, 3.8) is 0 Å². The van der Waals surface area contributed by atoms with Gasteiger partial charge in [0, 0.05) is 12.5 Å². The largest absolute Gasteiger partial charge is 0.381 e. The summed E-state index contributed by atoms with van der Waals surface area (Å²) in [5.74, 6) is 0.469. The summed E-state index contributed by atoms with van der Waals surface area (Å²) in [7, 11) is 0. The van der Waals surface area contributed by atoms with Crippen LogP contribution in [0.4, 0.5) is 4.39 Å². The van der Waals surface area contributed by atoms with Crippen molar-refractivity contribution in [1.82, 2.24) is 5.32 Å². The van der Waals surface area contributed by atoms with Crippen LogP contribution in [-0.4, -0.2) is 32.5 Å². The molecule has 0 aromatic carbocycles. The molecule has 2 saturated heterocycles. The first-order valence-electron chi connectivity index (χ1n) is 5.30. The summed E-state index contributed by atoms with van der Waals surface area (Å²) in [5.41, 5.74) is 0. The fourth-order valence-electron chi connectivity index (χ4n) is 2.35. The number of ether oxygens (including phenoxy) is 1. The summed E-state index contributed by atoms with van der Waals surface area (Å²) in [5, 5.41) is 3.26. The predicted octanol–water partition coefficient (Wildman–Crippen LogP) is 1.36. The van der Waals surface area contributed by atoms with Crippen LogP contribution >= 0.6 is 0 Å². The van der Waals surface area contributed by atoms with Gasteiger partial charge in [-0.15, -0.1) is 0 Å². The van der Waals surface area contributed by atoms with Crippen molar-refractivity contribution < 1.29 is 9.13 Å². The normalized spacial score (nSPS) is 33.5. The van der Waals surface area contributed by atoms with E-state index in [2.05, 4.69) is 5.32 Å². The van der Waals surface area contributed by atoms with Crippen LogP contribution in [0.5, 0.6) is 0 Å². The van der Waals surface area contributed by atoms with Gasteiger partial charge >= 0.3 is 0 Å². The minimum atomic E-state index is -0.621. The monoisotopic (exact) mass is 187 g/mol. The van der Waals surface area contributed by atoms with Crippen molar-refractivity contribution in [3.8, 4) is 0 Å². The maximum absolute atomic E-state index is 13.9. The van der Waals surface area contributed by atoms with E-state index in [-0.39, 0.29) is 11.8 Å². The Morgan fingerprint density at radius 2 is 1.92 bits per heavy atom. The number of hydrogen-bond donors (Lipinski definition) is 1. The molecule has 2 rings (SSSR count). The Balaban J connectivity index is 1.83. The molecule has 0 aromatic heterocycles. The number of alkyl halides is 1. The van der Waals surface area contributed by atoms with Crippen molar-refractivity contribution in [2.45, 2.75) is 25.4 Å². The smallest absolute Gasteiger partial charge is 0.108 e. The van der Waals surface area contributed by atoms with E-state index in [1.807, 2.05) is 0 Å². The molecule has 2 unspecified atom stereocenters. The highest BCUT2D eigenvalue weighted by Gasteiger charge is 2.32. The fraction of sp³-hybridized carbons (Fsp3) is 1.00. The Bertz CT molecular complexity index is 153. The average molecular weight is 187 g/mol. The summed E-state index contributed by atoms with van der Waals surface area (Å²) >= 11 is 0. The molecule has 2 aliphatic rings. The van der Waals surface area contributed by atoms with E-state index in [0.29, 0.717) is 6.61 Å². The molecular formula is C10H18FNO. The van der Waals surface area contributed by atoms with Gasteiger partial charge < -0.3 is 10.1 Å². The Labute approximate surface area is 78.8 Å². The van der Waals surface area contributed by atoms with Crippen LogP contribution in [0.15, 0.2) is 0 Å². The van der Waals surface area contributed by atoms with Crippen molar-refractivity contribution in [2.24, 2.45) is 11.8 Å². The number of halogens is 1. The van der Waals surface area contributed by atoms with Gasteiger partial charge in [-0.05, 0) is 38.3 Å². The maximum atomic E-state index is 13.9. The number of hydrogen-bond acceptors (Lipinski definition) is 2. The SMILES string of the molecule is FC(C1CCNCC1)C1CCOC1. The highest BCUT2D eigenvalue weighted by atomic mass is 19.1. The third kappa shape index (κ3) is 2.20. The highest BCUT2D eigenvalue weighted by Crippen LogP contribution is 2.29. The number of nitrogens with one attached hydrogen (secondary N) is 1. The average Bonchev–Trinajstić information content (AvgIpc) is 2.71. The lowest BCUT2D eigenvalue weighted by Crippen LogP contribution is -2.35. The van der Waals surface area contributed by atoms with Crippen molar-refractivity contribution >= 4 is 0 Å². The Kier molecular flexibility index (Phi) is 3.17. The maximum Gasteiger partial charge on any atom is 0.108 e. The molecule has 0 amide bonds. The van der Waals surface area contributed by atoms with Crippen LogP contribution in [0.25, 0.3) is 0 Å². The molecule has 2 heterocycles. The topological polar surface area (TPSA) is 21.3 Å². The van der Waals surface area contributed by atoms with E-state index in [0.717, 1.165) is 39.0 Å². The van der Waals surface area contributed by atoms with Crippen LogP contribution in [-0.2, 0) is 4.74 Å². The number of piperidine rings is 1. The van der Waals surface area contributed by atoms with E-state index >= 15 is 0 Å². The van der Waals surface area contributed by atoms with Gasteiger partial charge in [-0.25, -0.2) is 4.39 Å². The molecule has 0 aromatic rings. The molecule has 0 saturated carbocycles. The lowest BCUT2D eigenvalue weighted by Gasteiger charge is -2.28. The highest BCUT2D eigenvalue weighted by molar-refractivity contribution is 4.82. The molecule has 0 radical (unpaired) electrons. The van der Waals surface area contributed by atoms with Crippen molar-refractivity contribution in [2.75, 3.05) is 26.3 Å². The van der Waals surface area contributed by atoms with Gasteiger partial charge in [0.05, 0.1) is 6.61 Å². The van der Waals surface area contributed by atoms with Crippen LogP contribution in [0, 0.1) is 11.8 Å². The predicted molar refractivity (Wildman–Crippen MR) is 49.4 cm³/mol. The summed E-state index contributed by atoms with van der Waals surface area (Å²) < 4.78 is 19.1. The molecular weight excluding hydrogens is 169 g/mol. The first-order chi connectivity index (χ1) is 6.38. The molecule has 0 spiro atoms. The zero-order valence-electron chi connectivity index (χ0n) is 7.97. The second kappa shape index (κ2) is 4.38. The second-order valence-electron chi connectivity index (χ2n) is 4.16. The van der Waals surface area contributed by atoms with E-state index in [9.17, 15) is 4.39 Å². The molecule has 76 valence electrons. The molecule has 13 heavy (non-hydrogen) atoms. The summed E-state index contributed by atoms with van der Waals surface area (Å²) in [4.78, 5) is 0. The molecule has 2 nitrogen and oxygen atoms in total. The second-order valence-corrected chi connectivity index (χ2v) is 4.16. The third-order valence-corrected chi connectivity index (χ3v) is 3.25. The molecule has 1 N–H and O–H groups in total. The fourth-order valence-corrected chi connectivity index (χ4v) is 2.35. The lowest BCUT2D eigenvalue weighted by molar-refractivity contribution is 0.104. The molecule has 2 aliphatic heterocycles. The Hall–Kier alpha value is -0.150. The van der Waals surface area contributed by atoms with Crippen LogP contribution in [0.3, 0.4) is 0 Å². The standard InChI is InChI=1S/C10H18FNO/c11-10(9-3-6-13-7-9)8-1-4-12-5-2-8/h8-10,12H,1-7H2. The zero-order valence-corrected chi connectivity index (χ0v) is 7.97. The van der Waals surface area contributed by atoms with Gasteiger partial charge in [0.1, 0.15) is 6.17 Å². The molecule has 3 heteroatoms. The Morgan fingerprint density at radius 3 is 2.54 bits per heavy atom. The number of rotatable bonds is 2. The van der Waals surface area contributed by atoms with Gasteiger partial charge in [-0.1, -0.05) is 0 Å². The van der Waals surface area contributed by atoms with Gasteiger partial charge in [0.2, 0.25) is 0 Å². The van der Waals surface area contributed by atoms with Crippen LogP contribution in [0.1, 0.15) is 19.3 Å². The van der Waals surface area contributed by atoms with Crippen LogP contribution < -0.4 is 5.32 Å². The molecule has 2 atom stereocenters. The molecule has 0 bridgehead atoms. The minimum Gasteiger partial charge on any atom is -0.381 e. The first-order valence-corrected chi connectivity index (χ1v) is 5.30. The summed E-state index contributed by atoms with van der Waals surface area (Å²) in [6.45, 7) is 3.37. The van der Waals surface area contributed by atoms with E-state index in [1.165, 1.54) is 0 Å². The first kappa shape index (κ1) is 9.41. The summed E-state index contributed by atoms with van der Waals surface area (Å²) in [6, 6.07) is 0. The molecule has 2 fully saturated rings. The van der Waals surface area contributed by atoms with Gasteiger partial charge in [0.25, 0.3) is 0 Å².